The maximum atomic E-state index is 11.5. The molecule has 0 radical (unpaired) electrons. The highest BCUT2D eigenvalue weighted by Gasteiger charge is 2.34. The average molecular weight is 322 g/mol. The van der Waals surface area contributed by atoms with Crippen molar-refractivity contribution in [1.29, 1.82) is 0 Å². The van der Waals surface area contributed by atoms with E-state index in [1.807, 2.05) is 0 Å². The summed E-state index contributed by atoms with van der Waals surface area (Å²) in [6.07, 6.45) is 11.8. The first-order valence-corrected chi connectivity index (χ1v) is 8.80. The number of cyclic esters (lactones) is 1. The molecule has 0 aromatic rings. The Morgan fingerprint density at radius 2 is 2.04 bits per heavy atom. The lowest BCUT2D eigenvalue weighted by Gasteiger charge is -2.39. The van der Waals surface area contributed by atoms with Crippen LogP contribution >= 0.6 is 0 Å². The summed E-state index contributed by atoms with van der Waals surface area (Å²) < 4.78 is 5.40. The van der Waals surface area contributed by atoms with Gasteiger partial charge in [0.15, 0.2) is 0 Å². The lowest BCUT2D eigenvalue weighted by atomic mass is 9.66. The zero-order valence-electron chi connectivity index (χ0n) is 14.2. The van der Waals surface area contributed by atoms with Gasteiger partial charge in [0, 0.05) is 6.42 Å². The molecule has 0 bridgehead atoms. The molecule has 0 aromatic carbocycles. The Hall–Kier alpha value is -1.13. The first-order valence-electron chi connectivity index (χ1n) is 8.80. The summed E-state index contributed by atoms with van der Waals surface area (Å²) in [7, 11) is 0. The van der Waals surface area contributed by atoms with E-state index in [-0.39, 0.29) is 24.0 Å². The van der Waals surface area contributed by atoms with E-state index >= 15 is 0 Å². The van der Waals surface area contributed by atoms with Gasteiger partial charge in [-0.1, -0.05) is 32.1 Å². The molecule has 0 spiro atoms. The molecule has 4 heteroatoms. The van der Waals surface area contributed by atoms with Gasteiger partial charge in [-0.3, -0.25) is 4.79 Å². The van der Waals surface area contributed by atoms with E-state index < -0.39 is 6.10 Å². The van der Waals surface area contributed by atoms with Crippen molar-refractivity contribution >= 4 is 5.97 Å². The van der Waals surface area contributed by atoms with Crippen LogP contribution in [0.2, 0.25) is 0 Å². The number of allylic oxidation sites excluding steroid dienone is 4. The second-order valence-electron chi connectivity index (χ2n) is 7.49. The van der Waals surface area contributed by atoms with Crippen LogP contribution in [-0.2, 0) is 9.53 Å². The molecule has 0 saturated carbocycles. The van der Waals surface area contributed by atoms with Gasteiger partial charge in [0.1, 0.15) is 6.10 Å². The molecule has 0 aromatic heterocycles. The van der Waals surface area contributed by atoms with Crippen molar-refractivity contribution in [2.45, 2.75) is 64.6 Å². The molecule has 4 nitrogen and oxygen atoms in total. The number of aliphatic hydroxyl groups is 1. The number of fused-ring (bicyclic) bond motifs is 1. The maximum absolute atomic E-state index is 11.5. The molecule has 1 fully saturated rings. The van der Waals surface area contributed by atoms with Crippen LogP contribution < -0.4 is 0 Å². The Labute approximate surface area is 138 Å². The summed E-state index contributed by atoms with van der Waals surface area (Å²) in [4.78, 5) is 11.5. The van der Waals surface area contributed by atoms with Crippen LogP contribution in [0.25, 0.3) is 0 Å². The zero-order chi connectivity index (χ0) is 15.7. The molecule has 1 aliphatic heterocycles. The number of carbonyl (C=O) groups is 1. The van der Waals surface area contributed by atoms with Gasteiger partial charge in [-0.2, -0.15) is 0 Å². The quantitative estimate of drug-likeness (QED) is 0.812. The van der Waals surface area contributed by atoms with E-state index in [9.17, 15) is 9.90 Å². The largest absolute Gasteiger partial charge is 0.462 e. The standard InChI is InChI=1S/C19H28O3.H2O/c1-12-3-7-18-14(9-12)5-4-13(2)17(18)8-6-16-10-15(20)11-19(21)22-16;/h4-5,9,12-13,15-18,20H,3,6-8,10-11H2,1-2H3;1H2/t12-,13+,15-,16-,17+,18?;/m1./s1. The molecular formula is C19H30O4. The highest BCUT2D eigenvalue weighted by atomic mass is 16.5. The predicted molar refractivity (Wildman–Crippen MR) is 89.7 cm³/mol. The van der Waals surface area contributed by atoms with Crippen LogP contribution in [0.1, 0.15) is 52.4 Å². The summed E-state index contributed by atoms with van der Waals surface area (Å²) >= 11 is 0. The van der Waals surface area contributed by atoms with Crippen LogP contribution in [-0.4, -0.2) is 28.8 Å². The Kier molecular flexibility index (Phi) is 6.04. The van der Waals surface area contributed by atoms with Gasteiger partial charge < -0.3 is 15.3 Å². The van der Waals surface area contributed by atoms with Gasteiger partial charge in [-0.25, -0.2) is 0 Å². The summed E-state index contributed by atoms with van der Waals surface area (Å²) in [6, 6.07) is 0. The van der Waals surface area contributed by atoms with E-state index in [1.54, 1.807) is 0 Å². The highest BCUT2D eigenvalue weighted by molar-refractivity contribution is 5.70. The Morgan fingerprint density at radius 3 is 2.78 bits per heavy atom. The normalized spacial score (nSPS) is 39.8. The molecular weight excluding hydrogens is 292 g/mol. The molecule has 2 aliphatic carbocycles. The molecule has 0 amide bonds. The molecule has 130 valence electrons. The number of hydrogen-bond acceptors (Lipinski definition) is 3. The van der Waals surface area contributed by atoms with E-state index in [2.05, 4.69) is 32.1 Å². The maximum Gasteiger partial charge on any atom is 0.308 e. The molecule has 1 saturated heterocycles. The lowest BCUT2D eigenvalue weighted by molar-refractivity contribution is -0.160. The fourth-order valence-corrected chi connectivity index (χ4v) is 4.44. The van der Waals surface area contributed by atoms with Gasteiger partial charge in [0.05, 0.1) is 12.5 Å². The van der Waals surface area contributed by atoms with Crippen molar-refractivity contribution in [2.75, 3.05) is 0 Å². The second-order valence-corrected chi connectivity index (χ2v) is 7.49. The van der Waals surface area contributed by atoms with E-state index in [4.69, 9.17) is 4.74 Å². The van der Waals surface area contributed by atoms with Crippen LogP contribution in [0.5, 0.6) is 0 Å². The fourth-order valence-electron chi connectivity index (χ4n) is 4.44. The smallest absolute Gasteiger partial charge is 0.308 e. The molecule has 6 atom stereocenters. The summed E-state index contributed by atoms with van der Waals surface area (Å²) in [5.41, 5.74) is 1.52. The van der Waals surface area contributed by atoms with Crippen molar-refractivity contribution in [3.8, 4) is 0 Å². The van der Waals surface area contributed by atoms with Crippen LogP contribution in [0.3, 0.4) is 0 Å². The van der Waals surface area contributed by atoms with E-state index in [1.165, 1.54) is 18.4 Å². The molecule has 3 aliphatic rings. The number of hydrogen-bond donors (Lipinski definition) is 1. The first-order chi connectivity index (χ1) is 10.5. The van der Waals surface area contributed by atoms with Crippen molar-refractivity contribution in [3.05, 3.63) is 23.8 Å². The van der Waals surface area contributed by atoms with Gasteiger partial charge in [0.25, 0.3) is 0 Å². The lowest BCUT2D eigenvalue weighted by Crippen LogP contribution is -2.34. The Bertz CT molecular complexity index is 482. The highest BCUT2D eigenvalue weighted by Crippen LogP contribution is 2.43. The van der Waals surface area contributed by atoms with Crippen LogP contribution in [0.4, 0.5) is 0 Å². The number of esters is 1. The number of ether oxygens (including phenoxy) is 1. The first kappa shape index (κ1) is 18.2. The predicted octanol–water partition coefficient (Wildman–Crippen LogP) is 2.80. The number of aliphatic hydroxyl groups excluding tert-OH is 1. The van der Waals surface area contributed by atoms with Gasteiger partial charge in [0.2, 0.25) is 0 Å². The molecule has 3 N–H and O–H groups in total. The Balaban J connectivity index is 0.00000192. The van der Waals surface area contributed by atoms with Gasteiger partial charge in [-0.15, -0.1) is 0 Å². The monoisotopic (exact) mass is 322 g/mol. The summed E-state index contributed by atoms with van der Waals surface area (Å²) in [5, 5.41) is 9.73. The second kappa shape index (κ2) is 7.63. The van der Waals surface area contributed by atoms with Crippen LogP contribution in [0.15, 0.2) is 23.8 Å². The van der Waals surface area contributed by atoms with E-state index in [0.29, 0.717) is 30.1 Å². The third kappa shape index (κ3) is 4.24. The molecule has 23 heavy (non-hydrogen) atoms. The van der Waals surface area contributed by atoms with Crippen molar-refractivity contribution < 1.29 is 20.1 Å². The minimum atomic E-state index is -0.513. The molecule has 1 unspecified atom stereocenters. The SMILES string of the molecule is C[C@H]1C=C2C=C[C@H](C)[C@H](CC[C@@H]3C[C@@H](O)CC(=O)O3)C2CC1.O. The average Bonchev–Trinajstić information content (AvgIpc) is 2.45. The van der Waals surface area contributed by atoms with Gasteiger partial charge in [-0.05, 0) is 54.9 Å². The summed E-state index contributed by atoms with van der Waals surface area (Å²) in [6.45, 7) is 4.60. The summed E-state index contributed by atoms with van der Waals surface area (Å²) in [5.74, 6) is 2.34. The van der Waals surface area contributed by atoms with Crippen molar-refractivity contribution in [1.82, 2.24) is 0 Å². The number of carbonyl (C=O) groups excluding carboxylic acids is 1. The number of rotatable bonds is 3. The van der Waals surface area contributed by atoms with Crippen LogP contribution in [0, 0.1) is 23.7 Å². The molecule has 1 heterocycles. The third-order valence-electron chi connectivity index (χ3n) is 5.68. The van der Waals surface area contributed by atoms with E-state index in [0.717, 1.165) is 12.8 Å². The van der Waals surface area contributed by atoms with Crippen molar-refractivity contribution in [2.24, 2.45) is 23.7 Å². The third-order valence-corrected chi connectivity index (χ3v) is 5.68. The minimum absolute atomic E-state index is 0. The molecule has 3 rings (SSSR count). The minimum Gasteiger partial charge on any atom is -0.462 e. The van der Waals surface area contributed by atoms with Crippen molar-refractivity contribution in [3.63, 3.8) is 0 Å². The topological polar surface area (TPSA) is 78.0 Å². The Morgan fingerprint density at radius 1 is 1.26 bits per heavy atom. The van der Waals surface area contributed by atoms with Gasteiger partial charge >= 0.3 is 5.97 Å². The zero-order valence-corrected chi connectivity index (χ0v) is 14.2. The fraction of sp³-hybridized carbons (Fsp3) is 0.737.